The largest absolute Gasteiger partial charge is 0.0654 e. The Morgan fingerprint density at radius 2 is 1.35 bits per heavy atom. The number of hydrogen-bond donors (Lipinski definition) is 0. The van der Waals surface area contributed by atoms with Crippen molar-refractivity contribution in [3.8, 4) is 0 Å². The Morgan fingerprint density at radius 3 is 1.87 bits per heavy atom. The van der Waals surface area contributed by atoms with Crippen LogP contribution in [0.3, 0.4) is 0 Å². The second-order valence-electron chi connectivity index (χ2n) is 10.3. The highest BCUT2D eigenvalue weighted by atomic mass is 14.5. The smallest absolute Gasteiger partial charge is 0.0231 e. The lowest BCUT2D eigenvalue weighted by molar-refractivity contribution is 0.176. The third-order valence-corrected chi connectivity index (χ3v) is 8.30. The van der Waals surface area contributed by atoms with Gasteiger partial charge in [0.15, 0.2) is 0 Å². The molecule has 31 heavy (non-hydrogen) atoms. The zero-order chi connectivity index (χ0) is 21.9. The first-order chi connectivity index (χ1) is 15.2. The summed E-state index contributed by atoms with van der Waals surface area (Å²) in [7, 11) is 0. The minimum Gasteiger partial charge on any atom is -0.0654 e. The Kier molecular flexibility index (Phi) is 9.69. The molecule has 2 aromatic rings. The molecule has 2 aromatic carbocycles. The molecule has 0 spiro atoms. The van der Waals surface area contributed by atoms with Gasteiger partial charge >= 0.3 is 0 Å². The summed E-state index contributed by atoms with van der Waals surface area (Å²) in [5, 5.41) is 0. The number of benzene rings is 2. The van der Waals surface area contributed by atoms with Gasteiger partial charge in [-0.3, -0.25) is 0 Å². The summed E-state index contributed by atoms with van der Waals surface area (Å²) < 4.78 is 0. The fourth-order valence-electron chi connectivity index (χ4n) is 6.16. The van der Waals surface area contributed by atoms with Crippen molar-refractivity contribution in [2.24, 2.45) is 17.8 Å². The van der Waals surface area contributed by atoms with Gasteiger partial charge in [-0.15, -0.1) is 0 Å². The summed E-state index contributed by atoms with van der Waals surface area (Å²) in [6, 6.07) is 23.1. The highest BCUT2D eigenvalue weighted by Crippen LogP contribution is 2.50. The Labute approximate surface area is 192 Å². The summed E-state index contributed by atoms with van der Waals surface area (Å²) in [5.74, 6) is 2.56. The quantitative estimate of drug-likeness (QED) is 0.301. The molecule has 0 heteroatoms. The molecular weight excluding hydrogens is 372 g/mol. The molecule has 1 aliphatic rings. The summed E-state index contributed by atoms with van der Waals surface area (Å²) in [4.78, 5) is 0. The maximum Gasteiger partial charge on any atom is 0.0231 e. The molecule has 1 saturated carbocycles. The molecule has 0 aliphatic heterocycles. The molecule has 170 valence electrons. The molecule has 0 N–H and O–H groups in total. The zero-order valence-corrected chi connectivity index (χ0v) is 20.5. The van der Waals surface area contributed by atoms with Gasteiger partial charge in [-0.2, -0.15) is 0 Å². The molecule has 0 heterocycles. The van der Waals surface area contributed by atoms with Crippen LogP contribution in [0.5, 0.6) is 0 Å². The van der Waals surface area contributed by atoms with E-state index in [1.54, 1.807) is 11.1 Å². The molecule has 0 saturated heterocycles. The molecule has 0 nitrogen and oxygen atoms in total. The van der Waals surface area contributed by atoms with Crippen molar-refractivity contribution in [3.63, 3.8) is 0 Å². The zero-order valence-electron chi connectivity index (χ0n) is 20.5. The van der Waals surface area contributed by atoms with Crippen LogP contribution in [-0.2, 0) is 5.41 Å². The van der Waals surface area contributed by atoms with E-state index >= 15 is 0 Å². The molecule has 0 radical (unpaired) electrons. The van der Waals surface area contributed by atoms with Crippen LogP contribution in [0, 0.1) is 17.8 Å². The van der Waals surface area contributed by atoms with Crippen LogP contribution in [0.1, 0.15) is 109 Å². The van der Waals surface area contributed by atoms with Crippen LogP contribution in [0.2, 0.25) is 0 Å². The fraction of sp³-hybridized carbons (Fsp3) is 0.613. The van der Waals surface area contributed by atoms with Gasteiger partial charge in [-0.05, 0) is 48.1 Å². The maximum absolute atomic E-state index is 2.42. The second kappa shape index (κ2) is 12.5. The van der Waals surface area contributed by atoms with Crippen LogP contribution in [0.15, 0.2) is 60.7 Å². The normalized spacial score (nSPS) is 20.5. The molecule has 1 fully saturated rings. The minimum absolute atomic E-state index is 0.171. The van der Waals surface area contributed by atoms with E-state index in [2.05, 4.69) is 81.4 Å². The van der Waals surface area contributed by atoms with E-state index < -0.39 is 0 Å². The first-order valence-corrected chi connectivity index (χ1v) is 13.3. The minimum atomic E-state index is 0.171. The SMILES string of the molecule is CCCCCC1CCC(C(CCCC(C)CC)(c2ccccc2)c2ccccc2)CC1. The predicted molar refractivity (Wildman–Crippen MR) is 137 cm³/mol. The summed E-state index contributed by atoms with van der Waals surface area (Å²) in [5.41, 5.74) is 3.28. The first kappa shape index (κ1) is 24.1. The van der Waals surface area contributed by atoms with Crippen LogP contribution in [0.4, 0.5) is 0 Å². The molecule has 0 bridgehead atoms. The summed E-state index contributed by atoms with van der Waals surface area (Å²) in [6.45, 7) is 7.09. The Morgan fingerprint density at radius 1 is 0.774 bits per heavy atom. The van der Waals surface area contributed by atoms with Gasteiger partial charge in [0.05, 0.1) is 0 Å². The highest BCUT2D eigenvalue weighted by Gasteiger charge is 2.42. The Hall–Kier alpha value is -1.56. The lowest BCUT2D eigenvalue weighted by Crippen LogP contribution is -2.39. The van der Waals surface area contributed by atoms with Crippen LogP contribution in [-0.4, -0.2) is 0 Å². The van der Waals surface area contributed by atoms with Crippen molar-refractivity contribution >= 4 is 0 Å². The third-order valence-electron chi connectivity index (χ3n) is 8.30. The molecule has 1 atom stereocenters. The van der Waals surface area contributed by atoms with Gasteiger partial charge in [-0.1, -0.05) is 139 Å². The van der Waals surface area contributed by atoms with Crippen LogP contribution in [0.25, 0.3) is 0 Å². The van der Waals surface area contributed by atoms with Gasteiger partial charge in [0.2, 0.25) is 0 Å². The number of rotatable bonds is 12. The monoisotopic (exact) mass is 418 g/mol. The van der Waals surface area contributed by atoms with Gasteiger partial charge in [0, 0.05) is 5.41 Å². The van der Waals surface area contributed by atoms with Crippen molar-refractivity contribution in [2.45, 2.75) is 103 Å². The predicted octanol–water partition coefficient (Wildman–Crippen LogP) is 9.58. The second-order valence-corrected chi connectivity index (χ2v) is 10.3. The van der Waals surface area contributed by atoms with Crippen molar-refractivity contribution in [1.82, 2.24) is 0 Å². The van der Waals surface area contributed by atoms with E-state index in [4.69, 9.17) is 0 Å². The van der Waals surface area contributed by atoms with Crippen molar-refractivity contribution in [2.75, 3.05) is 0 Å². The molecular formula is C31H46. The number of hydrogen-bond acceptors (Lipinski definition) is 0. The molecule has 0 aromatic heterocycles. The lowest BCUT2D eigenvalue weighted by atomic mass is 9.58. The van der Waals surface area contributed by atoms with Crippen molar-refractivity contribution in [1.29, 1.82) is 0 Å². The van der Waals surface area contributed by atoms with Gasteiger partial charge in [0.1, 0.15) is 0 Å². The summed E-state index contributed by atoms with van der Waals surface area (Å²) in [6.07, 6.45) is 16.6. The Bertz CT molecular complexity index is 669. The third kappa shape index (κ3) is 6.24. The molecule has 1 unspecified atom stereocenters. The molecule has 3 rings (SSSR count). The van der Waals surface area contributed by atoms with E-state index in [9.17, 15) is 0 Å². The van der Waals surface area contributed by atoms with E-state index in [0.29, 0.717) is 0 Å². The molecule has 1 aliphatic carbocycles. The van der Waals surface area contributed by atoms with Crippen molar-refractivity contribution < 1.29 is 0 Å². The average Bonchev–Trinajstić information content (AvgIpc) is 2.83. The average molecular weight is 419 g/mol. The number of unbranched alkanes of at least 4 members (excludes halogenated alkanes) is 2. The standard InChI is InChI=1S/C31H46/c1-4-6-9-16-27-21-23-30(24-22-27)31(25-14-15-26(3)5-2,28-17-10-7-11-18-28)29-19-12-8-13-20-29/h7-8,10-13,17-20,26-27,30H,4-6,9,14-16,21-25H2,1-3H3. The topological polar surface area (TPSA) is 0 Å². The molecule has 0 amide bonds. The summed E-state index contributed by atoms with van der Waals surface area (Å²) >= 11 is 0. The van der Waals surface area contributed by atoms with Crippen LogP contribution >= 0.6 is 0 Å². The van der Waals surface area contributed by atoms with E-state index in [1.807, 2.05) is 0 Å². The van der Waals surface area contributed by atoms with Crippen LogP contribution < -0.4 is 0 Å². The fourth-order valence-corrected chi connectivity index (χ4v) is 6.16. The lowest BCUT2D eigenvalue weighted by Gasteiger charge is -2.46. The van der Waals surface area contributed by atoms with Gasteiger partial charge in [0.25, 0.3) is 0 Å². The van der Waals surface area contributed by atoms with Gasteiger partial charge in [-0.25, -0.2) is 0 Å². The van der Waals surface area contributed by atoms with E-state index in [1.165, 1.54) is 77.0 Å². The van der Waals surface area contributed by atoms with Crippen molar-refractivity contribution in [3.05, 3.63) is 71.8 Å². The first-order valence-electron chi connectivity index (χ1n) is 13.3. The Balaban J connectivity index is 1.88. The van der Waals surface area contributed by atoms with E-state index in [-0.39, 0.29) is 5.41 Å². The van der Waals surface area contributed by atoms with E-state index in [0.717, 1.165) is 17.8 Å². The highest BCUT2D eigenvalue weighted by molar-refractivity contribution is 5.40. The van der Waals surface area contributed by atoms with Gasteiger partial charge < -0.3 is 0 Å². The maximum atomic E-state index is 2.42.